The Morgan fingerprint density at radius 2 is 0.960 bits per heavy atom. The van der Waals surface area contributed by atoms with Crippen LogP contribution in [0.15, 0.2) is 66.7 Å². The lowest BCUT2D eigenvalue weighted by Crippen LogP contribution is -2.39. The lowest BCUT2D eigenvalue weighted by Gasteiger charge is -2.14. The standard InChI is InChI=1S/C11H17NO3.2C9H13NO2.C4H6O6.ClH/c1-7(2)12-6-11(15)8-3-4-9(13)10(14)5-8;2*1-10-6-9(12)7-3-2-4-8(11)5-7;5-1(3(7)8)2(6)4(9)10;/h3-5,7,11-15H,6H2,1-2H3;2*2-5,9-12H,6H2,1H3;1-2,5-6H,(H,7,8)(H,9,10);1H/t;2*9-;;/m.00../s1. The highest BCUT2D eigenvalue weighted by molar-refractivity contribution is 5.85. The zero-order valence-corrected chi connectivity index (χ0v) is 28.9. The summed E-state index contributed by atoms with van der Waals surface area (Å²) >= 11 is 0. The Labute approximate surface area is 296 Å². The second kappa shape index (κ2) is 25.7. The van der Waals surface area contributed by atoms with Gasteiger partial charge in [-0.15, -0.1) is 12.4 Å². The van der Waals surface area contributed by atoms with Gasteiger partial charge in [0.25, 0.3) is 0 Å². The highest BCUT2D eigenvalue weighted by Gasteiger charge is 2.29. The summed E-state index contributed by atoms with van der Waals surface area (Å²) in [5, 5.41) is 107. The van der Waals surface area contributed by atoms with E-state index in [0.717, 1.165) is 11.1 Å². The van der Waals surface area contributed by atoms with E-state index in [0.29, 0.717) is 31.2 Å². The molecule has 0 amide bonds. The zero-order chi connectivity index (χ0) is 37.7. The molecule has 17 heteroatoms. The third kappa shape index (κ3) is 19.7. The fourth-order valence-electron chi connectivity index (χ4n) is 3.57. The van der Waals surface area contributed by atoms with Crippen molar-refractivity contribution >= 4 is 24.3 Å². The average molecular weight is 732 g/mol. The topological polar surface area (TPSA) is 293 Å². The van der Waals surface area contributed by atoms with Gasteiger partial charge in [-0.05, 0) is 67.2 Å². The Kier molecular flexibility index (Phi) is 24.6. The van der Waals surface area contributed by atoms with E-state index >= 15 is 0 Å². The summed E-state index contributed by atoms with van der Waals surface area (Å²) in [6.07, 6.45) is -6.32. The lowest BCUT2D eigenvalue weighted by atomic mass is 10.1. The minimum Gasteiger partial charge on any atom is -0.508 e. The molecule has 0 aliphatic heterocycles. The SMILES string of the molecule is CC(C)NCC(O)c1ccc(O)c(O)c1.CNC[C@H](O)c1cccc(O)c1.CNC[C@H](O)c1cccc(O)c1.Cl.O=C(O)C(O)C(O)C(=O)O. The molecule has 0 heterocycles. The van der Waals surface area contributed by atoms with Crippen LogP contribution in [0.5, 0.6) is 23.0 Å². The number of aliphatic carboxylic acids is 2. The van der Waals surface area contributed by atoms with Gasteiger partial charge in [0, 0.05) is 25.7 Å². The van der Waals surface area contributed by atoms with Gasteiger partial charge < -0.3 is 72.1 Å². The predicted molar refractivity (Wildman–Crippen MR) is 186 cm³/mol. The van der Waals surface area contributed by atoms with Gasteiger partial charge >= 0.3 is 11.9 Å². The molecule has 3 aromatic carbocycles. The van der Waals surface area contributed by atoms with Crippen molar-refractivity contribution in [3.8, 4) is 23.0 Å². The molecule has 5 atom stereocenters. The maximum absolute atomic E-state index is 9.77. The van der Waals surface area contributed by atoms with Crippen molar-refractivity contribution < 1.29 is 65.8 Å². The lowest BCUT2D eigenvalue weighted by molar-refractivity contribution is -0.165. The number of benzene rings is 3. The molecule has 0 aliphatic rings. The van der Waals surface area contributed by atoms with Gasteiger partial charge in [-0.2, -0.15) is 0 Å². The second-order valence-electron chi connectivity index (χ2n) is 10.7. The first-order valence-corrected chi connectivity index (χ1v) is 14.9. The number of nitrogens with one attached hydrogen (secondary N) is 3. The molecule has 14 N–H and O–H groups in total. The minimum atomic E-state index is -2.27. The number of aliphatic hydroxyl groups excluding tert-OH is 5. The summed E-state index contributed by atoms with van der Waals surface area (Å²) in [6, 6.07) is 17.9. The van der Waals surface area contributed by atoms with Gasteiger partial charge in [-0.1, -0.05) is 44.2 Å². The monoisotopic (exact) mass is 731 g/mol. The number of phenolic OH excluding ortho intramolecular Hbond substituents is 4. The van der Waals surface area contributed by atoms with E-state index in [4.69, 9.17) is 35.7 Å². The number of rotatable bonds is 13. The minimum absolute atomic E-state index is 0. The van der Waals surface area contributed by atoms with Crippen molar-refractivity contribution in [2.45, 2.75) is 50.4 Å². The number of carbonyl (C=O) groups is 2. The summed E-state index contributed by atoms with van der Waals surface area (Å²) in [5.74, 6) is -3.56. The van der Waals surface area contributed by atoms with E-state index in [9.17, 15) is 30.0 Å². The Morgan fingerprint density at radius 3 is 1.28 bits per heavy atom. The maximum atomic E-state index is 9.77. The van der Waals surface area contributed by atoms with Crippen molar-refractivity contribution in [2.75, 3.05) is 33.7 Å². The quantitative estimate of drug-likeness (QED) is 0.108. The van der Waals surface area contributed by atoms with Gasteiger partial charge in [-0.3, -0.25) is 0 Å². The maximum Gasteiger partial charge on any atom is 0.335 e. The fraction of sp³-hybridized carbons (Fsp3) is 0.394. The Bertz CT molecular complexity index is 1330. The first-order chi connectivity index (χ1) is 22.9. The number of aliphatic hydroxyl groups is 5. The Hall–Kier alpha value is -4.23. The van der Waals surface area contributed by atoms with Gasteiger partial charge in [0.2, 0.25) is 0 Å². The Morgan fingerprint density at radius 1 is 0.580 bits per heavy atom. The number of hydrogen-bond donors (Lipinski definition) is 14. The number of halogens is 1. The molecule has 0 aromatic heterocycles. The summed E-state index contributed by atoms with van der Waals surface area (Å²) in [6.45, 7) is 5.37. The summed E-state index contributed by atoms with van der Waals surface area (Å²) in [4.78, 5) is 19.5. The van der Waals surface area contributed by atoms with Gasteiger partial charge in [0.05, 0.1) is 18.3 Å². The first-order valence-electron chi connectivity index (χ1n) is 14.9. The average Bonchev–Trinajstić information content (AvgIpc) is 3.05. The molecule has 282 valence electrons. The molecule has 0 fully saturated rings. The second-order valence-corrected chi connectivity index (χ2v) is 10.7. The third-order valence-corrected chi connectivity index (χ3v) is 6.21. The molecule has 0 radical (unpaired) electrons. The molecule has 0 aliphatic carbocycles. The van der Waals surface area contributed by atoms with Gasteiger partial charge in [0.1, 0.15) is 11.5 Å². The van der Waals surface area contributed by atoms with E-state index in [1.807, 2.05) is 13.8 Å². The van der Waals surface area contributed by atoms with Crippen LogP contribution in [0.2, 0.25) is 0 Å². The molecule has 0 saturated carbocycles. The van der Waals surface area contributed by atoms with Crippen molar-refractivity contribution in [1.82, 2.24) is 16.0 Å². The molecule has 16 nitrogen and oxygen atoms in total. The van der Waals surface area contributed by atoms with Crippen LogP contribution in [0.25, 0.3) is 0 Å². The molecule has 0 saturated heterocycles. The number of aromatic hydroxyl groups is 4. The molecule has 3 aromatic rings. The first kappa shape index (κ1) is 47.9. The molecular formula is C33H50ClN3O13. The van der Waals surface area contributed by atoms with Gasteiger partial charge in [0.15, 0.2) is 23.7 Å². The predicted octanol–water partition coefficient (Wildman–Crippen LogP) is 0.718. The molecule has 50 heavy (non-hydrogen) atoms. The highest BCUT2D eigenvalue weighted by atomic mass is 35.5. The smallest absolute Gasteiger partial charge is 0.335 e. The van der Waals surface area contributed by atoms with Crippen LogP contribution in [0, 0.1) is 0 Å². The van der Waals surface area contributed by atoms with Crippen LogP contribution < -0.4 is 16.0 Å². The van der Waals surface area contributed by atoms with Gasteiger partial charge in [-0.25, -0.2) is 9.59 Å². The number of likely N-dealkylation sites (N-methyl/N-ethyl adjacent to an activating group) is 2. The van der Waals surface area contributed by atoms with Crippen LogP contribution in [0.4, 0.5) is 0 Å². The van der Waals surface area contributed by atoms with E-state index < -0.39 is 42.5 Å². The fourth-order valence-corrected chi connectivity index (χ4v) is 3.57. The summed E-state index contributed by atoms with van der Waals surface area (Å²) < 4.78 is 0. The van der Waals surface area contributed by atoms with Crippen molar-refractivity contribution in [3.05, 3.63) is 83.4 Å². The molecular weight excluding hydrogens is 682 g/mol. The van der Waals surface area contributed by atoms with E-state index in [2.05, 4.69) is 16.0 Å². The van der Waals surface area contributed by atoms with Crippen molar-refractivity contribution in [2.24, 2.45) is 0 Å². The van der Waals surface area contributed by atoms with Crippen LogP contribution in [-0.2, 0) is 9.59 Å². The van der Waals surface area contributed by atoms with Crippen LogP contribution in [0.1, 0.15) is 48.8 Å². The third-order valence-electron chi connectivity index (χ3n) is 6.21. The van der Waals surface area contributed by atoms with Crippen LogP contribution in [-0.4, -0.2) is 120 Å². The van der Waals surface area contributed by atoms with E-state index in [1.54, 1.807) is 68.7 Å². The highest BCUT2D eigenvalue weighted by Crippen LogP contribution is 2.27. The summed E-state index contributed by atoms with van der Waals surface area (Å²) in [7, 11) is 3.54. The van der Waals surface area contributed by atoms with E-state index in [1.165, 1.54) is 12.1 Å². The molecule has 0 bridgehead atoms. The van der Waals surface area contributed by atoms with Crippen molar-refractivity contribution in [3.63, 3.8) is 0 Å². The number of carboxylic acid groups (broad SMARTS) is 2. The molecule has 0 spiro atoms. The number of carboxylic acids is 2. The normalized spacial score (nSPS) is 13.2. The molecule has 3 rings (SSSR count). The summed E-state index contributed by atoms with van der Waals surface area (Å²) in [5.41, 5.74) is 2.03. The van der Waals surface area contributed by atoms with E-state index in [-0.39, 0.29) is 35.4 Å². The molecule has 3 unspecified atom stereocenters. The Balaban J connectivity index is 0. The number of hydrogen-bond acceptors (Lipinski definition) is 14. The number of phenols is 4. The van der Waals surface area contributed by atoms with Crippen LogP contribution >= 0.6 is 12.4 Å². The zero-order valence-electron chi connectivity index (χ0n) is 28.1. The van der Waals surface area contributed by atoms with Crippen LogP contribution in [0.3, 0.4) is 0 Å². The van der Waals surface area contributed by atoms with Crippen molar-refractivity contribution in [1.29, 1.82) is 0 Å². The largest absolute Gasteiger partial charge is 0.508 e.